The van der Waals surface area contributed by atoms with Gasteiger partial charge in [0, 0.05) is 43.9 Å². The Bertz CT molecular complexity index is 327. The summed E-state index contributed by atoms with van der Waals surface area (Å²) < 4.78 is 0. The van der Waals surface area contributed by atoms with Crippen molar-refractivity contribution in [1.29, 1.82) is 5.41 Å². The van der Waals surface area contributed by atoms with Gasteiger partial charge in [0.2, 0.25) is 5.91 Å². The van der Waals surface area contributed by atoms with Crippen LogP contribution in [0.15, 0.2) is 11.6 Å². The third-order valence-corrected chi connectivity index (χ3v) is 3.36. The van der Waals surface area contributed by atoms with Crippen molar-refractivity contribution in [1.82, 2.24) is 9.80 Å². The second-order valence-electron chi connectivity index (χ2n) is 4.63. The second-order valence-corrected chi connectivity index (χ2v) is 4.63. The number of likely N-dealkylation sites (N-methyl/N-ethyl adjacent to an activating group) is 1. The molecule has 0 radical (unpaired) electrons. The second kappa shape index (κ2) is 4.78. The maximum absolute atomic E-state index is 12.1. The number of carbonyl (C=O) groups excluding carboxylic acids is 1. The molecule has 1 fully saturated rings. The molecular formula is C12H19N3O. The van der Waals surface area contributed by atoms with E-state index in [9.17, 15) is 4.79 Å². The summed E-state index contributed by atoms with van der Waals surface area (Å²) in [6.07, 6.45) is 4.11. The minimum absolute atomic E-state index is 0.195. The van der Waals surface area contributed by atoms with Gasteiger partial charge in [-0.2, -0.15) is 0 Å². The first-order chi connectivity index (χ1) is 7.66. The molecule has 0 spiro atoms. The van der Waals surface area contributed by atoms with Crippen LogP contribution in [-0.4, -0.2) is 54.6 Å². The summed E-state index contributed by atoms with van der Waals surface area (Å²) in [5, 5.41) is 7.51. The van der Waals surface area contributed by atoms with Crippen molar-refractivity contribution < 1.29 is 4.79 Å². The average molecular weight is 221 g/mol. The molecular weight excluding hydrogens is 202 g/mol. The van der Waals surface area contributed by atoms with Crippen LogP contribution in [-0.2, 0) is 4.79 Å². The van der Waals surface area contributed by atoms with Crippen LogP contribution in [0.1, 0.15) is 19.3 Å². The molecule has 1 saturated heterocycles. The Labute approximate surface area is 96.4 Å². The lowest BCUT2D eigenvalue weighted by Crippen LogP contribution is -2.47. The highest BCUT2D eigenvalue weighted by molar-refractivity contribution is 5.97. The van der Waals surface area contributed by atoms with Crippen molar-refractivity contribution in [3.8, 4) is 0 Å². The maximum Gasteiger partial charge on any atom is 0.249 e. The fourth-order valence-electron chi connectivity index (χ4n) is 2.14. The molecule has 1 amide bonds. The summed E-state index contributed by atoms with van der Waals surface area (Å²) >= 11 is 0. The van der Waals surface area contributed by atoms with Gasteiger partial charge >= 0.3 is 0 Å². The normalized spacial score (nSPS) is 23.2. The molecule has 2 rings (SSSR count). The monoisotopic (exact) mass is 221 g/mol. The van der Waals surface area contributed by atoms with E-state index in [1.807, 2.05) is 11.0 Å². The zero-order valence-electron chi connectivity index (χ0n) is 9.83. The number of nitrogens with zero attached hydrogens (tertiary/aromatic N) is 2. The van der Waals surface area contributed by atoms with E-state index in [0.29, 0.717) is 6.42 Å². The lowest BCUT2D eigenvalue weighted by molar-refractivity contribution is -0.128. The molecule has 0 aromatic carbocycles. The van der Waals surface area contributed by atoms with Gasteiger partial charge in [-0.15, -0.1) is 0 Å². The first-order valence-corrected chi connectivity index (χ1v) is 5.90. The molecule has 0 aromatic rings. The third kappa shape index (κ3) is 2.50. The minimum Gasteiger partial charge on any atom is -0.336 e. The van der Waals surface area contributed by atoms with Crippen LogP contribution in [0.4, 0.5) is 0 Å². The summed E-state index contributed by atoms with van der Waals surface area (Å²) in [6.45, 7) is 3.61. The molecule has 1 aliphatic carbocycles. The van der Waals surface area contributed by atoms with E-state index in [0.717, 1.165) is 50.3 Å². The highest BCUT2D eigenvalue weighted by Gasteiger charge is 2.23. The topological polar surface area (TPSA) is 47.4 Å². The van der Waals surface area contributed by atoms with E-state index in [1.54, 1.807) is 0 Å². The fraction of sp³-hybridized carbons (Fsp3) is 0.667. The summed E-state index contributed by atoms with van der Waals surface area (Å²) in [6, 6.07) is 0. The Hall–Kier alpha value is -1.16. The van der Waals surface area contributed by atoms with Gasteiger partial charge in [-0.05, 0) is 19.9 Å². The first kappa shape index (κ1) is 11.3. The van der Waals surface area contributed by atoms with E-state index in [1.165, 1.54) is 0 Å². The van der Waals surface area contributed by atoms with Gasteiger partial charge < -0.3 is 15.2 Å². The van der Waals surface area contributed by atoms with Crippen molar-refractivity contribution in [3.63, 3.8) is 0 Å². The lowest BCUT2D eigenvalue weighted by atomic mass is 9.97. The molecule has 0 saturated carbocycles. The molecule has 1 aliphatic heterocycles. The first-order valence-electron chi connectivity index (χ1n) is 5.90. The largest absolute Gasteiger partial charge is 0.336 e. The quantitative estimate of drug-likeness (QED) is 0.715. The van der Waals surface area contributed by atoms with Crippen molar-refractivity contribution >= 4 is 11.6 Å². The summed E-state index contributed by atoms with van der Waals surface area (Å²) in [5.41, 5.74) is 1.66. The van der Waals surface area contributed by atoms with Crippen LogP contribution >= 0.6 is 0 Å². The number of rotatable bonds is 1. The zero-order valence-corrected chi connectivity index (χ0v) is 9.83. The average Bonchev–Trinajstić information content (AvgIpc) is 2.30. The molecule has 0 bridgehead atoms. The summed E-state index contributed by atoms with van der Waals surface area (Å²) in [7, 11) is 2.09. The van der Waals surface area contributed by atoms with Gasteiger partial charge in [0.15, 0.2) is 0 Å². The van der Waals surface area contributed by atoms with Crippen molar-refractivity contribution in [2.24, 2.45) is 0 Å². The number of nitrogens with one attached hydrogen (secondary N) is 1. The number of carbonyl (C=O) groups is 1. The minimum atomic E-state index is 0.195. The number of hydrogen-bond acceptors (Lipinski definition) is 3. The third-order valence-electron chi connectivity index (χ3n) is 3.36. The molecule has 0 aromatic heterocycles. The molecule has 1 heterocycles. The van der Waals surface area contributed by atoms with Gasteiger partial charge in [-0.25, -0.2) is 0 Å². The Morgan fingerprint density at radius 1 is 1.25 bits per heavy atom. The highest BCUT2D eigenvalue weighted by Crippen LogP contribution is 2.18. The van der Waals surface area contributed by atoms with Gasteiger partial charge in [0.05, 0.1) is 0 Å². The highest BCUT2D eigenvalue weighted by atomic mass is 16.2. The molecule has 4 heteroatoms. The maximum atomic E-state index is 12.1. The summed E-state index contributed by atoms with van der Waals surface area (Å²) in [5.74, 6) is 0.195. The SMILES string of the molecule is CN1CCN(C(=O)C2=CCC(=N)CC2)CC1. The zero-order chi connectivity index (χ0) is 11.5. The van der Waals surface area contributed by atoms with Gasteiger partial charge in [-0.1, -0.05) is 6.08 Å². The Morgan fingerprint density at radius 3 is 2.50 bits per heavy atom. The molecule has 0 unspecified atom stereocenters. The Morgan fingerprint density at radius 2 is 1.94 bits per heavy atom. The van der Waals surface area contributed by atoms with Crippen LogP contribution in [0.25, 0.3) is 0 Å². The molecule has 88 valence electrons. The van der Waals surface area contributed by atoms with Gasteiger partial charge in [0.25, 0.3) is 0 Å². The van der Waals surface area contributed by atoms with E-state index >= 15 is 0 Å². The summed E-state index contributed by atoms with van der Waals surface area (Å²) in [4.78, 5) is 16.3. The van der Waals surface area contributed by atoms with Crippen LogP contribution < -0.4 is 0 Å². The fourth-order valence-corrected chi connectivity index (χ4v) is 2.14. The van der Waals surface area contributed by atoms with Crippen molar-refractivity contribution in [3.05, 3.63) is 11.6 Å². The van der Waals surface area contributed by atoms with E-state index in [-0.39, 0.29) is 5.91 Å². The molecule has 1 N–H and O–H groups in total. The predicted octanol–water partition coefficient (Wildman–Crippen LogP) is 0.890. The van der Waals surface area contributed by atoms with E-state index in [2.05, 4.69) is 11.9 Å². The van der Waals surface area contributed by atoms with E-state index in [4.69, 9.17) is 5.41 Å². The Kier molecular flexibility index (Phi) is 3.39. The van der Waals surface area contributed by atoms with Crippen molar-refractivity contribution in [2.75, 3.05) is 33.2 Å². The molecule has 2 aliphatic rings. The van der Waals surface area contributed by atoms with Crippen LogP contribution in [0.3, 0.4) is 0 Å². The van der Waals surface area contributed by atoms with Gasteiger partial charge in [-0.3, -0.25) is 4.79 Å². The standard InChI is InChI=1S/C12H19N3O/c1-14-6-8-15(9-7-14)12(16)10-2-4-11(13)5-3-10/h2,13H,3-9H2,1H3. The number of piperazine rings is 1. The lowest BCUT2D eigenvalue weighted by Gasteiger charge is -2.33. The molecule has 4 nitrogen and oxygen atoms in total. The predicted molar refractivity (Wildman–Crippen MR) is 63.7 cm³/mol. The number of hydrogen-bond donors (Lipinski definition) is 1. The van der Waals surface area contributed by atoms with Crippen LogP contribution in [0, 0.1) is 5.41 Å². The van der Waals surface area contributed by atoms with Crippen molar-refractivity contribution in [2.45, 2.75) is 19.3 Å². The smallest absolute Gasteiger partial charge is 0.249 e. The van der Waals surface area contributed by atoms with Crippen LogP contribution in [0.5, 0.6) is 0 Å². The molecule has 0 atom stereocenters. The number of allylic oxidation sites excluding steroid dienone is 1. The van der Waals surface area contributed by atoms with Crippen LogP contribution in [0.2, 0.25) is 0 Å². The van der Waals surface area contributed by atoms with E-state index < -0.39 is 0 Å². The Balaban J connectivity index is 1.95. The molecule has 16 heavy (non-hydrogen) atoms. The van der Waals surface area contributed by atoms with Gasteiger partial charge in [0.1, 0.15) is 0 Å². The number of amides is 1.